The maximum Gasteiger partial charge on any atom is 0.142 e. The van der Waals surface area contributed by atoms with Gasteiger partial charge in [-0.3, -0.25) is 4.79 Å². The van der Waals surface area contributed by atoms with Crippen LogP contribution in [0.5, 0.6) is 0 Å². The highest BCUT2D eigenvalue weighted by atomic mass is 16.3. The predicted octanol–water partition coefficient (Wildman–Crippen LogP) is 4.08. The summed E-state index contributed by atoms with van der Waals surface area (Å²) in [6, 6.07) is 8.83. The van der Waals surface area contributed by atoms with Gasteiger partial charge in [0.2, 0.25) is 0 Å². The fourth-order valence-corrected chi connectivity index (χ4v) is 4.35. The molecule has 0 aromatic heterocycles. The van der Waals surface area contributed by atoms with E-state index in [1.54, 1.807) is 0 Å². The average molecular weight is 300 g/mol. The monoisotopic (exact) mass is 300 g/mol. The molecule has 3 rings (SSSR count). The Morgan fingerprint density at radius 3 is 2.27 bits per heavy atom. The summed E-state index contributed by atoms with van der Waals surface area (Å²) in [5.41, 5.74) is 2.65. The van der Waals surface area contributed by atoms with Crippen molar-refractivity contribution >= 4 is 5.78 Å². The SMILES string of the molecule is CCc1ccc(CCC2CC[C@]3(CC[C@H](O)CC3)C2=O)cc1. The number of hydrogen-bond donors (Lipinski definition) is 1. The summed E-state index contributed by atoms with van der Waals surface area (Å²) in [5.74, 6) is 0.755. The van der Waals surface area contributed by atoms with Crippen molar-refractivity contribution in [1.82, 2.24) is 0 Å². The van der Waals surface area contributed by atoms with Gasteiger partial charge in [0.25, 0.3) is 0 Å². The van der Waals surface area contributed by atoms with E-state index in [1.807, 2.05) is 0 Å². The average Bonchev–Trinajstić information content (AvgIpc) is 2.85. The molecule has 0 heterocycles. The first-order chi connectivity index (χ1) is 10.6. The van der Waals surface area contributed by atoms with Gasteiger partial charge in [0.1, 0.15) is 5.78 Å². The summed E-state index contributed by atoms with van der Waals surface area (Å²) in [6.45, 7) is 2.17. The van der Waals surface area contributed by atoms with Gasteiger partial charge in [-0.25, -0.2) is 0 Å². The number of Topliss-reactive ketones (excluding diaryl/α,β-unsaturated/α-hetero) is 1. The Labute approximate surface area is 133 Å². The largest absolute Gasteiger partial charge is 0.393 e. The molecule has 1 unspecified atom stereocenters. The molecular formula is C20H28O2. The minimum Gasteiger partial charge on any atom is -0.393 e. The Bertz CT molecular complexity index is 509. The molecule has 0 aliphatic heterocycles. The molecule has 1 atom stereocenters. The lowest BCUT2D eigenvalue weighted by Crippen LogP contribution is -2.34. The van der Waals surface area contributed by atoms with Gasteiger partial charge in [0, 0.05) is 11.3 Å². The van der Waals surface area contributed by atoms with Crippen molar-refractivity contribution in [3.63, 3.8) is 0 Å². The van der Waals surface area contributed by atoms with Crippen LogP contribution in [-0.4, -0.2) is 17.0 Å². The third-order valence-corrected chi connectivity index (χ3v) is 5.99. The van der Waals surface area contributed by atoms with Gasteiger partial charge >= 0.3 is 0 Å². The standard InChI is InChI=1S/C20H28O2/c1-2-15-3-5-16(6-4-15)7-8-17-9-12-20(19(17)22)13-10-18(21)11-14-20/h3-6,17-18,21H,2,7-14H2,1H3/t17?,18-,20+. The number of carbonyl (C=O) groups is 1. The summed E-state index contributed by atoms with van der Waals surface area (Å²) in [7, 11) is 0. The highest BCUT2D eigenvalue weighted by Crippen LogP contribution is 2.49. The zero-order valence-electron chi connectivity index (χ0n) is 13.7. The number of aryl methyl sites for hydroxylation is 2. The fraction of sp³-hybridized carbons (Fsp3) is 0.650. The predicted molar refractivity (Wildman–Crippen MR) is 88.8 cm³/mol. The summed E-state index contributed by atoms with van der Waals surface area (Å²) in [4.78, 5) is 12.8. The van der Waals surface area contributed by atoms with Crippen molar-refractivity contribution in [2.45, 2.75) is 70.8 Å². The lowest BCUT2D eigenvalue weighted by molar-refractivity contribution is -0.131. The summed E-state index contributed by atoms with van der Waals surface area (Å²) in [5, 5.41) is 9.69. The molecule has 1 aromatic rings. The second-order valence-corrected chi connectivity index (χ2v) is 7.32. The van der Waals surface area contributed by atoms with Crippen LogP contribution in [0.3, 0.4) is 0 Å². The molecule has 1 aromatic carbocycles. The van der Waals surface area contributed by atoms with Crippen LogP contribution in [0, 0.1) is 11.3 Å². The Balaban J connectivity index is 1.56. The van der Waals surface area contributed by atoms with Gasteiger partial charge in [0.15, 0.2) is 0 Å². The van der Waals surface area contributed by atoms with Gasteiger partial charge in [-0.2, -0.15) is 0 Å². The van der Waals surface area contributed by atoms with Gasteiger partial charge in [-0.1, -0.05) is 31.2 Å². The minimum atomic E-state index is -0.172. The molecule has 1 spiro atoms. The molecular weight excluding hydrogens is 272 g/mol. The van der Waals surface area contributed by atoms with Crippen molar-refractivity contribution < 1.29 is 9.90 Å². The number of ketones is 1. The summed E-state index contributed by atoms with van der Waals surface area (Å²) < 4.78 is 0. The van der Waals surface area contributed by atoms with Crippen LogP contribution < -0.4 is 0 Å². The molecule has 2 fully saturated rings. The third kappa shape index (κ3) is 3.12. The zero-order chi connectivity index (χ0) is 15.6. The van der Waals surface area contributed by atoms with Crippen molar-refractivity contribution in [2.24, 2.45) is 11.3 Å². The maximum atomic E-state index is 12.8. The van der Waals surface area contributed by atoms with Crippen molar-refractivity contribution in [3.05, 3.63) is 35.4 Å². The second kappa shape index (κ2) is 6.54. The van der Waals surface area contributed by atoms with E-state index in [-0.39, 0.29) is 17.4 Å². The van der Waals surface area contributed by atoms with Crippen molar-refractivity contribution in [1.29, 1.82) is 0 Å². The number of rotatable bonds is 4. The minimum absolute atomic E-state index is 0.0734. The van der Waals surface area contributed by atoms with Gasteiger partial charge in [-0.15, -0.1) is 0 Å². The van der Waals surface area contributed by atoms with Crippen molar-refractivity contribution in [3.8, 4) is 0 Å². The first-order valence-corrected chi connectivity index (χ1v) is 8.93. The number of aliphatic hydroxyl groups is 1. The molecule has 0 saturated heterocycles. The molecule has 0 radical (unpaired) electrons. The molecule has 22 heavy (non-hydrogen) atoms. The van der Waals surface area contributed by atoms with E-state index in [4.69, 9.17) is 0 Å². The van der Waals surface area contributed by atoms with E-state index in [9.17, 15) is 9.90 Å². The fourth-order valence-electron chi connectivity index (χ4n) is 4.35. The molecule has 2 aliphatic carbocycles. The van der Waals surface area contributed by atoms with Crippen LogP contribution in [0.4, 0.5) is 0 Å². The quantitative estimate of drug-likeness (QED) is 0.909. The molecule has 120 valence electrons. The molecule has 0 amide bonds. The van der Waals surface area contributed by atoms with Crippen LogP contribution in [0.25, 0.3) is 0 Å². The third-order valence-electron chi connectivity index (χ3n) is 5.99. The van der Waals surface area contributed by atoms with E-state index in [0.29, 0.717) is 5.78 Å². The highest BCUT2D eigenvalue weighted by molar-refractivity contribution is 5.89. The van der Waals surface area contributed by atoms with E-state index in [1.165, 1.54) is 11.1 Å². The highest BCUT2D eigenvalue weighted by Gasteiger charge is 2.48. The van der Waals surface area contributed by atoms with Crippen molar-refractivity contribution in [2.75, 3.05) is 0 Å². The number of aliphatic hydroxyl groups excluding tert-OH is 1. The van der Waals surface area contributed by atoms with E-state index >= 15 is 0 Å². The zero-order valence-corrected chi connectivity index (χ0v) is 13.7. The first kappa shape index (κ1) is 15.7. The lowest BCUT2D eigenvalue weighted by Gasteiger charge is -2.34. The van der Waals surface area contributed by atoms with E-state index < -0.39 is 0 Å². The first-order valence-electron chi connectivity index (χ1n) is 8.93. The van der Waals surface area contributed by atoms with Crippen LogP contribution in [0.1, 0.15) is 63.0 Å². The van der Waals surface area contributed by atoms with Gasteiger partial charge < -0.3 is 5.11 Å². The van der Waals surface area contributed by atoms with Crippen LogP contribution >= 0.6 is 0 Å². The Morgan fingerprint density at radius 1 is 1.05 bits per heavy atom. The van der Waals surface area contributed by atoms with Crippen LogP contribution in [-0.2, 0) is 17.6 Å². The number of carbonyl (C=O) groups excluding carboxylic acids is 1. The van der Waals surface area contributed by atoms with Gasteiger partial charge in [0.05, 0.1) is 6.10 Å². The molecule has 1 N–H and O–H groups in total. The summed E-state index contributed by atoms with van der Waals surface area (Å²) >= 11 is 0. The number of hydrogen-bond acceptors (Lipinski definition) is 2. The van der Waals surface area contributed by atoms with Crippen LogP contribution in [0.15, 0.2) is 24.3 Å². The second-order valence-electron chi connectivity index (χ2n) is 7.32. The summed E-state index contributed by atoms with van der Waals surface area (Å²) in [6.07, 6.45) is 8.48. The Kier molecular flexibility index (Phi) is 4.67. The van der Waals surface area contributed by atoms with E-state index in [0.717, 1.165) is 57.8 Å². The lowest BCUT2D eigenvalue weighted by atomic mass is 9.70. The normalized spacial score (nSPS) is 31.8. The van der Waals surface area contributed by atoms with Gasteiger partial charge in [-0.05, 0) is 68.9 Å². The topological polar surface area (TPSA) is 37.3 Å². The Morgan fingerprint density at radius 2 is 1.64 bits per heavy atom. The Hall–Kier alpha value is -1.15. The molecule has 2 aliphatic rings. The molecule has 2 heteroatoms. The van der Waals surface area contributed by atoms with Crippen LogP contribution in [0.2, 0.25) is 0 Å². The number of benzene rings is 1. The smallest absolute Gasteiger partial charge is 0.142 e. The molecule has 0 bridgehead atoms. The molecule has 2 nitrogen and oxygen atoms in total. The van der Waals surface area contributed by atoms with E-state index in [2.05, 4.69) is 31.2 Å². The maximum absolute atomic E-state index is 12.8. The molecule has 2 saturated carbocycles.